The number of amides is 1. The minimum Gasteiger partial charge on any atom is -0.356 e. The fourth-order valence-corrected chi connectivity index (χ4v) is 6.14. The number of hydrogen-bond acceptors (Lipinski definition) is 5. The van der Waals surface area contributed by atoms with Gasteiger partial charge in [0.2, 0.25) is 0 Å². The zero-order valence-corrected chi connectivity index (χ0v) is 20.2. The van der Waals surface area contributed by atoms with Gasteiger partial charge in [-0.25, -0.2) is 18.7 Å². The Balaban J connectivity index is 1.06. The van der Waals surface area contributed by atoms with E-state index in [1.165, 1.54) is 12.1 Å². The van der Waals surface area contributed by atoms with Crippen molar-refractivity contribution in [1.82, 2.24) is 29.6 Å². The lowest BCUT2D eigenvalue weighted by Crippen LogP contribution is -2.29. The first-order valence-corrected chi connectivity index (χ1v) is 12.8. The molecule has 0 aromatic carbocycles. The van der Waals surface area contributed by atoms with Gasteiger partial charge in [0.1, 0.15) is 5.82 Å². The lowest BCUT2D eigenvalue weighted by atomic mass is 9.81. The average Bonchev–Trinajstić information content (AvgIpc) is 3.46. The molecule has 2 saturated carbocycles. The SMILES string of the molecule is Cn1cnc2c1CC[C@H]2NC(=O)c1cnn(Cc2ccc(N3CC4C(C3)C4(F)F)nc2C2CCC2)c1. The van der Waals surface area contributed by atoms with Crippen molar-refractivity contribution in [2.24, 2.45) is 18.9 Å². The van der Waals surface area contributed by atoms with E-state index >= 15 is 0 Å². The van der Waals surface area contributed by atoms with E-state index in [-0.39, 0.29) is 11.9 Å². The van der Waals surface area contributed by atoms with Gasteiger partial charge in [-0.1, -0.05) is 12.5 Å². The van der Waals surface area contributed by atoms with E-state index in [1.807, 2.05) is 22.6 Å². The number of nitrogens with one attached hydrogen (secondary N) is 1. The van der Waals surface area contributed by atoms with Crippen LogP contribution in [0.5, 0.6) is 0 Å². The Kier molecular flexibility index (Phi) is 4.78. The largest absolute Gasteiger partial charge is 0.356 e. The van der Waals surface area contributed by atoms with Crippen LogP contribution in [0.25, 0.3) is 0 Å². The zero-order chi connectivity index (χ0) is 24.6. The lowest BCUT2D eigenvalue weighted by Gasteiger charge is -2.29. The van der Waals surface area contributed by atoms with Gasteiger partial charge in [0.15, 0.2) is 0 Å². The molecule has 4 heterocycles. The second-order valence-electron chi connectivity index (χ2n) is 10.8. The number of piperidine rings is 1. The monoisotopic (exact) mass is 493 g/mol. The summed E-state index contributed by atoms with van der Waals surface area (Å²) < 4.78 is 31.1. The molecule has 3 aromatic rings. The number of nitrogens with zero attached hydrogens (tertiary/aromatic N) is 6. The Morgan fingerprint density at radius 1 is 1.17 bits per heavy atom. The predicted molar refractivity (Wildman–Crippen MR) is 128 cm³/mol. The fraction of sp³-hybridized carbons (Fsp3) is 0.538. The number of carbonyl (C=O) groups excluding carboxylic acids is 1. The van der Waals surface area contributed by atoms with E-state index in [2.05, 4.69) is 21.5 Å². The Hall–Kier alpha value is -3.30. The summed E-state index contributed by atoms with van der Waals surface area (Å²) in [6, 6.07) is 3.93. The summed E-state index contributed by atoms with van der Waals surface area (Å²) in [7, 11) is 1.98. The molecule has 36 heavy (non-hydrogen) atoms. The molecule has 1 N–H and O–H groups in total. The van der Waals surface area contributed by atoms with Gasteiger partial charge in [0.05, 0.1) is 53.9 Å². The zero-order valence-electron chi connectivity index (χ0n) is 20.2. The third-order valence-electron chi connectivity index (χ3n) is 8.64. The molecule has 2 unspecified atom stereocenters. The van der Waals surface area contributed by atoms with Crippen molar-refractivity contribution in [2.75, 3.05) is 18.0 Å². The number of alkyl halides is 2. The van der Waals surface area contributed by atoms with Crippen LogP contribution in [0.15, 0.2) is 30.9 Å². The van der Waals surface area contributed by atoms with Gasteiger partial charge in [-0.15, -0.1) is 0 Å². The number of halogens is 2. The Morgan fingerprint density at radius 3 is 2.72 bits per heavy atom. The summed E-state index contributed by atoms with van der Waals surface area (Å²) in [6.07, 6.45) is 10.3. The second kappa shape index (κ2) is 7.85. The minimum atomic E-state index is -2.49. The van der Waals surface area contributed by atoms with Crippen LogP contribution in [0.2, 0.25) is 0 Å². The number of imidazole rings is 1. The van der Waals surface area contributed by atoms with Crippen molar-refractivity contribution < 1.29 is 13.6 Å². The number of fused-ring (bicyclic) bond motifs is 2. The summed E-state index contributed by atoms with van der Waals surface area (Å²) in [4.78, 5) is 24.3. The molecule has 3 aromatic heterocycles. The normalized spacial score (nSPS) is 26.0. The highest BCUT2D eigenvalue weighted by Gasteiger charge is 2.71. The second-order valence-corrected chi connectivity index (χ2v) is 10.8. The van der Waals surface area contributed by atoms with Gasteiger partial charge in [0, 0.05) is 37.9 Å². The van der Waals surface area contributed by atoms with Crippen molar-refractivity contribution >= 4 is 11.7 Å². The van der Waals surface area contributed by atoms with E-state index in [4.69, 9.17) is 4.98 Å². The maximum Gasteiger partial charge on any atom is 0.258 e. The molecule has 0 radical (unpaired) electrons. The number of aromatic nitrogens is 5. The highest BCUT2D eigenvalue weighted by molar-refractivity contribution is 5.94. The van der Waals surface area contributed by atoms with Crippen molar-refractivity contribution in [3.05, 3.63) is 59.1 Å². The predicted octanol–water partition coefficient (Wildman–Crippen LogP) is 3.45. The summed E-state index contributed by atoms with van der Waals surface area (Å²) in [5, 5.41) is 7.55. The molecule has 7 rings (SSSR count). The molecular formula is C26H29F2N7O. The topological polar surface area (TPSA) is 80.9 Å². The standard InChI is InChI=1S/C26H29F2N7O/c1-33-14-29-24-20(6-7-21(24)33)31-25(36)17-9-30-35(11-17)10-16-5-8-22(32-23(16)15-3-2-4-15)34-12-18-19(13-34)26(18,27)28/h5,8-9,11,14-15,18-20H,2-4,6-7,10,12-13H2,1H3,(H,31,36)/t18?,19?,20-/m1/s1. The first kappa shape index (κ1) is 21.9. The molecule has 10 heteroatoms. The van der Waals surface area contributed by atoms with Crippen LogP contribution in [-0.4, -0.2) is 49.2 Å². The van der Waals surface area contributed by atoms with Gasteiger partial charge in [-0.3, -0.25) is 9.48 Å². The minimum absolute atomic E-state index is 0.0735. The molecule has 188 valence electrons. The summed E-state index contributed by atoms with van der Waals surface area (Å²) in [6.45, 7) is 1.28. The van der Waals surface area contributed by atoms with Gasteiger partial charge < -0.3 is 14.8 Å². The lowest BCUT2D eigenvalue weighted by molar-refractivity contribution is 0.0796. The number of hydrogen-bond donors (Lipinski definition) is 1. The van der Waals surface area contributed by atoms with Crippen molar-refractivity contribution in [2.45, 2.75) is 56.5 Å². The first-order valence-electron chi connectivity index (χ1n) is 12.8. The van der Waals surface area contributed by atoms with Crippen LogP contribution in [0.3, 0.4) is 0 Å². The van der Waals surface area contributed by atoms with Crippen LogP contribution in [-0.2, 0) is 20.0 Å². The summed E-state index contributed by atoms with van der Waals surface area (Å²) in [5.74, 6) is -2.49. The van der Waals surface area contributed by atoms with Gasteiger partial charge in [0.25, 0.3) is 11.8 Å². The van der Waals surface area contributed by atoms with E-state index in [0.717, 1.165) is 48.5 Å². The highest BCUT2D eigenvalue weighted by atomic mass is 19.3. The molecule has 4 aliphatic rings. The summed E-state index contributed by atoms with van der Waals surface area (Å²) in [5.41, 5.74) is 4.76. The van der Waals surface area contributed by atoms with Crippen molar-refractivity contribution in [3.8, 4) is 0 Å². The van der Waals surface area contributed by atoms with Crippen LogP contribution >= 0.6 is 0 Å². The van der Waals surface area contributed by atoms with Gasteiger partial charge >= 0.3 is 0 Å². The fourth-order valence-electron chi connectivity index (χ4n) is 6.14. The average molecular weight is 494 g/mol. The smallest absolute Gasteiger partial charge is 0.258 e. The van der Waals surface area contributed by atoms with Crippen molar-refractivity contribution in [3.63, 3.8) is 0 Å². The molecule has 8 nitrogen and oxygen atoms in total. The van der Waals surface area contributed by atoms with E-state index < -0.39 is 17.8 Å². The van der Waals surface area contributed by atoms with E-state index in [1.54, 1.807) is 23.4 Å². The maximum atomic E-state index is 13.7. The number of pyridine rings is 1. The Labute approximate surface area is 207 Å². The van der Waals surface area contributed by atoms with Crippen LogP contribution in [0.4, 0.5) is 14.6 Å². The molecule has 1 saturated heterocycles. The third kappa shape index (κ3) is 3.44. The first-order chi connectivity index (χ1) is 17.4. The van der Waals surface area contributed by atoms with Gasteiger partial charge in [-0.2, -0.15) is 5.10 Å². The molecule has 1 aliphatic heterocycles. The maximum absolute atomic E-state index is 13.7. The van der Waals surface area contributed by atoms with Crippen LogP contribution in [0, 0.1) is 11.8 Å². The van der Waals surface area contributed by atoms with Crippen molar-refractivity contribution in [1.29, 1.82) is 0 Å². The van der Waals surface area contributed by atoms with E-state index in [9.17, 15) is 13.6 Å². The molecule has 3 aliphatic carbocycles. The number of aryl methyl sites for hydroxylation is 1. The Bertz CT molecular complexity index is 1330. The van der Waals surface area contributed by atoms with Crippen LogP contribution < -0.4 is 10.2 Å². The Morgan fingerprint density at radius 2 is 1.97 bits per heavy atom. The number of carbonyl (C=O) groups is 1. The molecule has 0 bridgehead atoms. The molecular weight excluding hydrogens is 464 g/mol. The van der Waals surface area contributed by atoms with Crippen LogP contribution in [0.1, 0.15) is 70.6 Å². The molecule has 1 amide bonds. The number of anilines is 1. The highest BCUT2D eigenvalue weighted by Crippen LogP contribution is 2.59. The third-order valence-corrected chi connectivity index (χ3v) is 8.64. The number of rotatable bonds is 6. The van der Waals surface area contributed by atoms with Gasteiger partial charge in [-0.05, 0) is 37.3 Å². The molecule has 3 fully saturated rings. The van der Waals surface area contributed by atoms with E-state index in [0.29, 0.717) is 31.1 Å². The quantitative estimate of drug-likeness (QED) is 0.569. The summed E-state index contributed by atoms with van der Waals surface area (Å²) >= 11 is 0. The molecule has 3 atom stereocenters. The molecule has 0 spiro atoms.